The van der Waals surface area contributed by atoms with Gasteiger partial charge in [0.25, 0.3) is 0 Å². The highest BCUT2D eigenvalue weighted by atomic mass is 32.1. The Hall–Kier alpha value is 0.310. The predicted molar refractivity (Wildman–Crippen MR) is 53.4 cm³/mol. The highest BCUT2D eigenvalue weighted by molar-refractivity contribution is 7.80. The Bertz CT molecular complexity index is 76.0. The van der Waals surface area contributed by atoms with Gasteiger partial charge in [-0.3, -0.25) is 0 Å². The number of ether oxygens (including phenoxy) is 1. The molecule has 1 unspecified atom stereocenters. The first kappa shape index (κ1) is 11.3. The molecule has 0 aromatic carbocycles. The highest BCUT2D eigenvalue weighted by Crippen LogP contribution is 2.05. The molecule has 0 rings (SSSR count). The van der Waals surface area contributed by atoms with Crippen LogP contribution in [0.1, 0.15) is 39.5 Å². The van der Waals surface area contributed by atoms with Crippen molar-refractivity contribution in [3.8, 4) is 0 Å². The van der Waals surface area contributed by atoms with Gasteiger partial charge in [0.1, 0.15) is 0 Å². The fourth-order valence-electron chi connectivity index (χ4n) is 0.772. The van der Waals surface area contributed by atoms with Crippen molar-refractivity contribution < 1.29 is 4.74 Å². The zero-order valence-electron chi connectivity index (χ0n) is 7.68. The van der Waals surface area contributed by atoms with Gasteiger partial charge in [0.2, 0.25) is 0 Å². The standard InChI is InChI=1S/C9H20OS/c1-3-5-7-10-8-6-9(11)4-2/h9,11H,3-8H2,1-2H3. The van der Waals surface area contributed by atoms with E-state index in [2.05, 4.69) is 26.5 Å². The van der Waals surface area contributed by atoms with Gasteiger partial charge in [-0.1, -0.05) is 20.3 Å². The Labute approximate surface area is 75.9 Å². The van der Waals surface area contributed by atoms with Crippen molar-refractivity contribution in [1.29, 1.82) is 0 Å². The van der Waals surface area contributed by atoms with Gasteiger partial charge >= 0.3 is 0 Å². The van der Waals surface area contributed by atoms with Crippen molar-refractivity contribution in [1.82, 2.24) is 0 Å². The van der Waals surface area contributed by atoms with Crippen molar-refractivity contribution >= 4 is 12.6 Å². The van der Waals surface area contributed by atoms with Gasteiger partial charge in [-0.15, -0.1) is 0 Å². The molecule has 0 saturated carbocycles. The summed E-state index contributed by atoms with van der Waals surface area (Å²) in [5.74, 6) is 0. The summed E-state index contributed by atoms with van der Waals surface area (Å²) >= 11 is 4.38. The molecule has 0 aliphatic carbocycles. The molecule has 0 bridgehead atoms. The molecule has 0 aliphatic rings. The quantitative estimate of drug-likeness (QED) is 0.463. The van der Waals surface area contributed by atoms with Crippen LogP contribution in [-0.4, -0.2) is 18.5 Å². The van der Waals surface area contributed by atoms with Crippen LogP contribution in [0.3, 0.4) is 0 Å². The minimum atomic E-state index is 0.525. The summed E-state index contributed by atoms with van der Waals surface area (Å²) in [4.78, 5) is 0. The second-order valence-corrected chi connectivity index (χ2v) is 3.55. The molecule has 0 aliphatic heterocycles. The first-order valence-corrected chi connectivity index (χ1v) is 5.08. The van der Waals surface area contributed by atoms with Gasteiger partial charge in [-0.05, 0) is 19.3 Å². The van der Waals surface area contributed by atoms with E-state index in [-0.39, 0.29) is 0 Å². The normalized spacial score (nSPS) is 13.4. The van der Waals surface area contributed by atoms with Crippen molar-refractivity contribution in [2.75, 3.05) is 13.2 Å². The summed E-state index contributed by atoms with van der Waals surface area (Å²) in [6, 6.07) is 0. The van der Waals surface area contributed by atoms with E-state index in [9.17, 15) is 0 Å². The van der Waals surface area contributed by atoms with E-state index >= 15 is 0 Å². The monoisotopic (exact) mass is 176 g/mol. The Morgan fingerprint density at radius 1 is 1.27 bits per heavy atom. The van der Waals surface area contributed by atoms with Gasteiger partial charge < -0.3 is 4.74 Å². The van der Waals surface area contributed by atoms with Crippen molar-refractivity contribution in [3.05, 3.63) is 0 Å². The molecular weight excluding hydrogens is 156 g/mol. The van der Waals surface area contributed by atoms with Crippen LogP contribution in [-0.2, 0) is 4.74 Å². The lowest BCUT2D eigenvalue weighted by atomic mass is 10.2. The second kappa shape index (κ2) is 8.41. The molecule has 0 fully saturated rings. The summed E-state index contributed by atoms with van der Waals surface area (Å²) in [6.45, 7) is 6.13. The maximum Gasteiger partial charge on any atom is 0.0476 e. The van der Waals surface area contributed by atoms with E-state index in [0.717, 1.165) is 26.1 Å². The lowest BCUT2D eigenvalue weighted by molar-refractivity contribution is 0.128. The van der Waals surface area contributed by atoms with Gasteiger partial charge in [-0.25, -0.2) is 0 Å². The molecule has 0 N–H and O–H groups in total. The van der Waals surface area contributed by atoms with Gasteiger partial charge in [0.15, 0.2) is 0 Å². The summed E-state index contributed by atoms with van der Waals surface area (Å²) in [5.41, 5.74) is 0. The topological polar surface area (TPSA) is 9.23 Å². The Morgan fingerprint density at radius 3 is 2.55 bits per heavy atom. The van der Waals surface area contributed by atoms with Crippen LogP contribution in [0, 0.1) is 0 Å². The Kier molecular flexibility index (Phi) is 8.64. The molecule has 0 saturated heterocycles. The van der Waals surface area contributed by atoms with E-state index in [0.29, 0.717) is 5.25 Å². The van der Waals surface area contributed by atoms with Crippen LogP contribution in [0.5, 0.6) is 0 Å². The summed E-state index contributed by atoms with van der Waals surface area (Å²) in [7, 11) is 0. The smallest absolute Gasteiger partial charge is 0.0476 e. The lowest BCUT2D eigenvalue weighted by Gasteiger charge is -2.07. The third-order valence-corrected chi connectivity index (χ3v) is 2.33. The van der Waals surface area contributed by atoms with Gasteiger partial charge in [0, 0.05) is 18.5 Å². The first-order chi connectivity index (χ1) is 5.31. The predicted octanol–water partition coefficient (Wildman–Crippen LogP) is 2.90. The maximum absolute atomic E-state index is 5.40. The third kappa shape index (κ3) is 8.21. The molecule has 1 nitrogen and oxygen atoms in total. The molecule has 1 atom stereocenters. The van der Waals surface area contributed by atoms with Crippen LogP contribution in [0.4, 0.5) is 0 Å². The van der Waals surface area contributed by atoms with Crippen LogP contribution in [0.25, 0.3) is 0 Å². The third-order valence-electron chi connectivity index (χ3n) is 1.71. The number of unbranched alkanes of at least 4 members (excludes halogenated alkanes) is 1. The van der Waals surface area contributed by atoms with Gasteiger partial charge in [0.05, 0.1) is 0 Å². The Balaban J connectivity index is 2.89. The summed E-state index contributed by atoms with van der Waals surface area (Å²) < 4.78 is 5.40. The zero-order chi connectivity index (χ0) is 8.53. The highest BCUT2D eigenvalue weighted by Gasteiger charge is 1.97. The van der Waals surface area contributed by atoms with E-state index < -0.39 is 0 Å². The Morgan fingerprint density at radius 2 is 2.00 bits per heavy atom. The largest absolute Gasteiger partial charge is 0.381 e. The number of rotatable bonds is 7. The summed E-state index contributed by atoms with van der Waals surface area (Å²) in [5, 5.41) is 0.525. The molecule has 0 spiro atoms. The molecule has 0 aromatic heterocycles. The lowest BCUT2D eigenvalue weighted by Crippen LogP contribution is -2.04. The van der Waals surface area contributed by atoms with Crippen molar-refractivity contribution in [3.63, 3.8) is 0 Å². The molecule has 0 heterocycles. The van der Waals surface area contributed by atoms with E-state index in [1.165, 1.54) is 12.8 Å². The minimum Gasteiger partial charge on any atom is -0.381 e. The fraction of sp³-hybridized carbons (Fsp3) is 1.00. The molecule has 0 radical (unpaired) electrons. The van der Waals surface area contributed by atoms with E-state index in [1.54, 1.807) is 0 Å². The van der Waals surface area contributed by atoms with Crippen molar-refractivity contribution in [2.24, 2.45) is 0 Å². The molecule has 0 amide bonds. The average molecular weight is 176 g/mol. The van der Waals surface area contributed by atoms with Crippen molar-refractivity contribution in [2.45, 2.75) is 44.8 Å². The summed E-state index contributed by atoms with van der Waals surface area (Å²) in [6.07, 6.45) is 4.63. The second-order valence-electron chi connectivity index (χ2n) is 2.82. The number of hydrogen-bond donors (Lipinski definition) is 1. The first-order valence-electron chi connectivity index (χ1n) is 4.57. The van der Waals surface area contributed by atoms with E-state index in [1.807, 2.05) is 0 Å². The molecule has 2 heteroatoms. The minimum absolute atomic E-state index is 0.525. The SMILES string of the molecule is CCCCOCCC(S)CC. The number of hydrogen-bond acceptors (Lipinski definition) is 2. The van der Waals surface area contributed by atoms with Crippen LogP contribution < -0.4 is 0 Å². The van der Waals surface area contributed by atoms with Gasteiger partial charge in [-0.2, -0.15) is 12.6 Å². The van der Waals surface area contributed by atoms with Crippen LogP contribution in [0.15, 0.2) is 0 Å². The number of thiol groups is 1. The van der Waals surface area contributed by atoms with Crippen LogP contribution >= 0.6 is 12.6 Å². The van der Waals surface area contributed by atoms with Crippen LogP contribution in [0.2, 0.25) is 0 Å². The fourth-order valence-corrected chi connectivity index (χ4v) is 0.877. The average Bonchev–Trinajstić information content (AvgIpc) is 2.04. The molecule has 68 valence electrons. The molecular formula is C9H20OS. The van der Waals surface area contributed by atoms with E-state index in [4.69, 9.17) is 4.74 Å². The maximum atomic E-state index is 5.40. The molecule has 11 heavy (non-hydrogen) atoms. The zero-order valence-corrected chi connectivity index (χ0v) is 8.57. The molecule has 0 aromatic rings.